The molecule has 0 bridgehead atoms. The highest BCUT2D eigenvalue weighted by molar-refractivity contribution is 6.33. The molecule has 2 nitrogen and oxygen atoms in total. The largest absolute Gasteiger partial charge is 0.355 e. The van der Waals surface area contributed by atoms with Gasteiger partial charge in [0.25, 0.3) is 0 Å². The van der Waals surface area contributed by atoms with Gasteiger partial charge in [0, 0.05) is 0 Å². The van der Waals surface area contributed by atoms with E-state index in [0.717, 1.165) is 11.0 Å². The van der Waals surface area contributed by atoms with Crippen molar-refractivity contribution in [3.8, 4) is 0 Å². The third kappa shape index (κ3) is 1.59. The van der Waals surface area contributed by atoms with E-state index in [2.05, 4.69) is 5.16 Å². The topological polar surface area (TPSA) is 26.0 Å². The SMILES string of the molecule is CC.Clc1noc2ccccc12. The molecule has 0 amide bonds. The number of nitrogens with zero attached hydrogens (tertiary/aromatic N) is 1. The fourth-order valence-corrected chi connectivity index (χ4v) is 1.05. The van der Waals surface area contributed by atoms with Crippen LogP contribution in [-0.4, -0.2) is 5.16 Å². The van der Waals surface area contributed by atoms with Gasteiger partial charge in [-0.3, -0.25) is 0 Å². The molecule has 0 fully saturated rings. The van der Waals surface area contributed by atoms with E-state index in [0.29, 0.717) is 5.15 Å². The fourth-order valence-electron chi connectivity index (χ4n) is 0.855. The van der Waals surface area contributed by atoms with Crippen molar-refractivity contribution in [2.24, 2.45) is 0 Å². The first kappa shape index (κ1) is 9.07. The Morgan fingerprint density at radius 1 is 1.25 bits per heavy atom. The van der Waals surface area contributed by atoms with Gasteiger partial charge in [0.1, 0.15) is 0 Å². The van der Waals surface area contributed by atoms with Crippen molar-refractivity contribution in [3.63, 3.8) is 0 Å². The third-order valence-corrected chi connectivity index (χ3v) is 1.61. The van der Waals surface area contributed by atoms with Crippen LogP contribution in [-0.2, 0) is 0 Å². The predicted octanol–water partition coefficient (Wildman–Crippen LogP) is 3.51. The number of hydrogen-bond acceptors (Lipinski definition) is 2. The van der Waals surface area contributed by atoms with Crippen LogP contribution >= 0.6 is 11.6 Å². The van der Waals surface area contributed by atoms with E-state index >= 15 is 0 Å². The second-order valence-electron chi connectivity index (χ2n) is 1.97. The summed E-state index contributed by atoms with van der Waals surface area (Å²) >= 11 is 5.67. The molecule has 0 aliphatic carbocycles. The van der Waals surface area contributed by atoms with Gasteiger partial charge in [-0.05, 0) is 12.1 Å². The Hall–Kier alpha value is -1.02. The summed E-state index contributed by atoms with van der Waals surface area (Å²) in [7, 11) is 0. The predicted molar refractivity (Wildman–Crippen MR) is 50.4 cm³/mol. The summed E-state index contributed by atoms with van der Waals surface area (Å²) in [6, 6.07) is 7.47. The molecule has 3 heteroatoms. The summed E-state index contributed by atoms with van der Waals surface area (Å²) < 4.78 is 4.87. The maximum atomic E-state index is 5.67. The normalized spacial score (nSPS) is 9.25. The number of benzene rings is 1. The van der Waals surface area contributed by atoms with Crippen LogP contribution in [0.3, 0.4) is 0 Å². The average Bonchev–Trinajstić information content (AvgIpc) is 2.53. The molecule has 0 atom stereocenters. The number of fused-ring (bicyclic) bond motifs is 1. The van der Waals surface area contributed by atoms with E-state index in [-0.39, 0.29) is 0 Å². The molecule has 12 heavy (non-hydrogen) atoms. The van der Waals surface area contributed by atoms with E-state index in [1.807, 2.05) is 38.1 Å². The Labute approximate surface area is 76.1 Å². The quantitative estimate of drug-likeness (QED) is 0.625. The minimum atomic E-state index is 0.426. The summed E-state index contributed by atoms with van der Waals surface area (Å²) in [5.41, 5.74) is 0.729. The van der Waals surface area contributed by atoms with Crippen LogP contribution in [0.1, 0.15) is 13.8 Å². The number of para-hydroxylation sites is 1. The lowest BCUT2D eigenvalue weighted by Gasteiger charge is -1.80. The lowest BCUT2D eigenvalue weighted by molar-refractivity contribution is 0.457. The molecule has 0 aliphatic rings. The summed E-state index contributed by atoms with van der Waals surface area (Å²) in [4.78, 5) is 0. The molecule has 64 valence electrons. The standard InChI is InChI=1S/C7H4ClNO.C2H6/c8-7-5-3-1-2-4-6(5)10-9-7;1-2/h1-4H;1-2H3. The minimum absolute atomic E-state index is 0.426. The van der Waals surface area contributed by atoms with Crippen molar-refractivity contribution in [1.82, 2.24) is 5.16 Å². The molecule has 1 aromatic heterocycles. The molecule has 0 saturated carbocycles. The first-order valence-corrected chi connectivity index (χ1v) is 4.25. The molecule has 0 spiro atoms. The minimum Gasteiger partial charge on any atom is -0.355 e. The van der Waals surface area contributed by atoms with E-state index in [1.54, 1.807) is 0 Å². The maximum absolute atomic E-state index is 5.67. The zero-order valence-electron chi connectivity index (χ0n) is 7.04. The number of halogens is 1. The van der Waals surface area contributed by atoms with E-state index < -0.39 is 0 Å². The smallest absolute Gasteiger partial charge is 0.179 e. The van der Waals surface area contributed by atoms with Crippen molar-refractivity contribution >= 4 is 22.6 Å². The lowest BCUT2D eigenvalue weighted by atomic mass is 10.3. The van der Waals surface area contributed by atoms with Crippen LogP contribution in [0.15, 0.2) is 28.8 Å². The number of hydrogen-bond donors (Lipinski definition) is 0. The summed E-state index contributed by atoms with van der Waals surface area (Å²) in [6.07, 6.45) is 0. The van der Waals surface area contributed by atoms with E-state index in [9.17, 15) is 0 Å². The van der Waals surface area contributed by atoms with Crippen molar-refractivity contribution in [2.75, 3.05) is 0 Å². The first-order chi connectivity index (χ1) is 5.88. The number of rotatable bonds is 0. The Morgan fingerprint density at radius 2 is 1.92 bits per heavy atom. The Kier molecular flexibility index (Phi) is 3.11. The molecular formula is C9H10ClNO. The Bertz CT molecular complexity index is 356. The van der Waals surface area contributed by atoms with Crippen LogP contribution in [0.5, 0.6) is 0 Å². The summed E-state index contributed by atoms with van der Waals surface area (Å²) in [5, 5.41) is 4.88. The van der Waals surface area contributed by atoms with Gasteiger partial charge in [-0.1, -0.05) is 42.7 Å². The molecule has 0 radical (unpaired) electrons. The van der Waals surface area contributed by atoms with Gasteiger partial charge < -0.3 is 4.52 Å². The van der Waals surface area contributed by atoms with Crippen molar-refractivity contribution in [1.29, 1.82) is 0 Å². The molecule has 2 rings (SSSR count). The van der Waals surface area contributed by atoms with Gasteiger partial charge in [0.2, 0.25) is 0 Å². The van der Waals surface area contributed by atoms with Crippen LogP contribution < -0.4 is 0 Å². The van der Waals surface area contributed by atoms with Crippen molar-refractivity contribution in [2.45, 2.75) is 13.8 Å². The second kappa shape index (κ2) is 4.12. The highest BCUT2D eigenvalue weighted by Crippen LogP contribution is 2.21. The monoisotopic (exact) mass is 183 g/mol. The molecule has 0 saturated heterocycles. The van der Waals surface area contributed by atoms with Crippen LogP contribution in [0.4, 0.5) is 0 Å². The second-order valence-corrected chi connectivity index (χ2v) is 2.33. The van der Waals surface area contributed by atoms with Gasteiger partial charge in [-0.2, -0.15) is 0 Å². The fraction of sp³-hybridized carbons (Fsp3) is 0.222. The Balaban J connectivity index is 0.000000336. The third-order valence-electron chi connectivity index (χ3n) is 1.33. The van der Waals surface area contributed by atoms with Gasteiger partial charge in [0.05, 0.1) is 5.39 Å². The van der Waals surface area contributed by atoms with Gasteiger partial charge >= 0.3 is 0 Å². The molecule has 1 aromatic carbocycles. The zero-order valence-corrected chi connectivity index (χ0v) is 7.80. The first-order valence-electron chi connectivity index (χ1n) is 3.88. The van der Waals surface area contributed by atoms with E-state index in [4.69, 9.17) is 16.1 Å². The maximum Gasteiger partial charge on any atom is 0.179 e. The molecule has 0 N–H and O–H groups in total. The van der Waals surface area contributed by atoms with E-state index in [1.165, 1.54) is 0 Å². The molecular weight excluding hydrogens is 174 g/mol. The van der Waals surface area contributed by atoms with Crippen LogP contribution in [0, 0.1) is 0 Å². The van der Waals surface area contributed by atoms with Crippen molar-refractivity contribution < 1.29 is 4.52 Å². The average molecular weight is 184 g/mol. The number of aromatic nitrogens is 1. The molecule has 0 unspecified atom stereocenters. The van der Waals surface area contributed by atoms with Crippen molar-refractivity contribution in [3.05, 3.63) is 29.4 Å². The van der Waals surface area contributed by atoms with Gasteiger partial charge in [-0.25, -0.2) is 0 Å². The summed E-state index contributed by atoms with van der Waals surface area (Å²) in [5.74, 6) is 0. The molecule has 0 aliphatic heterocycles. The van der Waals surface area contributed by atoms with Gasteiger partial charge in [0.15, 0.2) is 10.7 Å². The zero-order chi connectivity index (χ0) is 8.97. The lowest BCUT2D eigenvalue weighted by Crippen LogP contribution is -1.60. The highest BCUT2D eigenvalue weighted by atomic mass is 35.5. The molecule has 2 aromatic rings. The molecule has 1 heterocycles. The summed E-state index contributed by atoms with van der Waals surface area (Å²) in [6.45, 7) is 4.00. The van der Waals surface area contributed by atoms with Crippen LogP contribution in [0.25, 0.3) is 11.0 Å². The van der Waals surface area contributed by atoms with Gasteiger partial charge in [-0.15, -0.1) is 0 Å². The Morgan fingerprint density at radius 3 is 2.58 bits per heavy atom. The highest BCUT2D eigenvalue weighted by Gasteiger charge is 2.01. The van der Waals surface area contributed by atoms with Crippen LogP contribution in [0.2, 0.25) is 5.15 Å².